The van der Waals surface area contributed by atoms with Crippen molar-refractivity contribution in [3.63, 3.8) is 0 Å². The molecule has 3 heteroatoms. The fourth-order valence-corrected chi connectivity index (χ4v) is 2.29. The summed E-state index contributed by atoms with van der Waals surface area (Å²) in [5, 5.41) is 3.53. The monoisotopic (exact) mass is 195 g/mol. The minimum Gasteiger partial charge on any atom is -0.368 e. The van der Waals surface area contributed by atoms with E-state index in [1.165, 1.54) is 5.84 Å². The molecule has 1 aliphatic carbocycles. The number of fused-ring (bicyclic) bond motifs is 1. The van der Waals surface area contributed by atoms with Crippen LogP contribution in [0, 0.1) is 5.41 Å². The SMILES string of the molecule is CC(C)(C)C1=NC2CCC(N)CC2N1. The number of rotatable bonds is 0. The smallest absolute Gasteiger partial charge is 0.102 e. The van der Waals surface area contributed by atoms with Crippen LogP contribution in [0.2, 0.25) is 0 Å². The van der Waals surface area contributed by atoms with Gasteiger partial charge in [-0.2, -0.15) is 0 Å². The summed E-state index contributed by atoms with van der Waals surface area (Å²) in [5.41, 5.74) is 6.11. The van der Waals surface area contributed by atoms with Crippen molar-refractivity contribution in [1.29, 1.82) is 0 Å². The van der Waals surface area contributed by atoms with Gasteiger partial charge in [-0.05, 0) is 19.3 Å². The molecule has 1 saturated carbocycles. The van der Waals surface area contributed by atoms with Crippen LogP contribution in [0.1, 0.15) is 40.0 Å². The average molecular weight is 195 g/mol. The third-order valence-corrected chi connectivity index (χ3v) is 3.18. The number of aliphatic imine (C=N–C) groups is 1. The van der Waals surface area contributed by atoms with Crippen LogP contribution < -0.4 is 11.1 Å². The van der Waals surface area contributed by atoms with Crippen LogP contribution in [-0.2, 0) is 0 Å². The average Bonchev–Trinajstić information content (AvgIpc) is 2.45. The molecule has 0 aromatic heterocycles. The van der Waals surface area contributed by atoms with Crippen molar-refractivity contribution in [3.05, 3.63) is 0 Å². The zero-order valence-corrected chi connectivity index (χ0v) is 9.38. The van der Waals surface area contributed by atoms with E-state index in [0.717, 1.165) is 19.3 Å². The minimum atomic E-state index is 0.154. The van der Waals surface area contributed by atoms with Crippen molar-refractivity contribution in [2.24, 2.45) is 16.1 Å². The second kappa shape index (κ2) is 3.23. The molecule has 3 N–H and O–H groups in total. The highest BCUT2D eigenvalue weighted by Crippen LogP contribution is 2.28. The Balaban J connectivity index is 2.07. The van der Waals surface area contributed by atoms with E-state index in [9.17, 15) is 0 Å². The number of nitrogens with zero attached hydrogens (tertiary/aromatic N) is 1. The van der Waals surface area contributed by atoms with Crippen LogP contribution in [0.3, 0.4) is 0 Å². The summed E-state index contributed by atoms with van der Waals surface area (Å²) in [6, 6.07) is 1.37. The van der Waals surface area contributed by atoms with Crippen LogP contribution in [0.4, 0.5) is 0 Å². The molecule has 80 valence electrons. The molecule has 3 atom stereocenters. The van der Waals surface area contributed by atoms with E-state index < -0.39 is 0 Å². The first-order valence-electron chi connectivity index (χ1n) is 5.57. The van der Waals surface area contributed by atoms with Crippen LogP contribution in [0.5, 0.6) is 0 Å². The molecule has 0 spiro atoms. The van der Waals surface area contributed by atoms with Gasteiger partial charge in [0.1, 0.15) is 5.84 Å². The van der Waals surface area contributed by atoms with Crippen molar-refractivity contribution >= 4 is 5.84 Å². The summed E-state index contributed by atoms with van der Waals surface area (Å²) >= 11 is 0. The first-order valence-corrected chi connectivity index (χ1v) is 5.57. The Bertz CT molecular complexity index is 252. The van der Waals surface area contributed by atoms with Crippen LogP contribution in [-0.4, -0.2) is 24.0 Å². The second-order valence-corrected chi connectivity index (χ2v) is 5.62. The molecule has 0 radical (unpaired) electrons. The molecule has 14 heavy (non-hydrogen) atoms. The highest BCUT2D eigenvalue weighted by Gasteiger charge is 2.36. The molecule has 1 aliphatic heterocycles. The fraction of sp³-hybridized carbons (Fsp3) is 0.909. The lowest BCUT2D eigenvalue weighted by Gasteiger charge is -2.28. The summed E-state index contributed by atoms with van der Waals surface area (Å²) in [7, 11) is 0. The van der Waals surface area contributed by atoms with Crippen LogP contribution in [0.25, 0.3) is 0 Å². The fourth-order valence-electron chi connectivity index (χ4n) is 2.29. The van der Waals surface area contributed by atoms with E-state index in [-0.39, 0.29) is 5.41 Å². The lowest BCUT2D eigenvalue weighted by Crippen LogP contribution is -2.45. The Morgan fingerprint density at radius 3 is 2.71 bits per heavy atom. The van der Waals surface area contributed by atoms with E-state index in [2.05, 4.69) is 26.1 Å². The van der Waals surface area contributed by atoms with Gasteiger partial charge in [0.15, 0.2) is 0 Å². The molecule has 0 aromatic carbocycles. The zero-order chi connectivity index (χ0) is 10.3. The number of nitrogens with one attached hydrogen (secondary N) is 1. The van der Waals surface area contributed by atoms with Gasteiger partial charge < -0.3 is 11.1 Å². The summed E-state index contributed by atoms with van der Waals surface area (Å²) < 4.78 is 0. The highest BCUT2D eigenvalue weighted by atomic mass is 15.1. The normalized spacial score (nSPS) is 37.4. The first-order chi connectivity index (χ1) is 6.47. The Labute approximate surface area is 86.2 Å². The number of amidine groups is 1. The van der Waals surface area contributed by atoms with Gasteiger partial charge in [0.25, 0.3) is 0 Å². The van der Waals surface area contributed by atoms with Crippen molar-refractivity contribution < 1.29 is 0 Å². The van der Waals surface area contributed by atoms with Crippen molar-refractivity contribution in [3.8, 4) is 0 Å². The maximum atomic E-state index is 5.95. The van der Waals surface area contributed by atoms with E-state index in [1.54, 1.807) is 0 Å². The predicted molar refractivity (Wildman–Crippen MR) is 59.4 cm³/mol. The summed E-state index contributed by atoms with van der Waals surface area (Å²) in [5.74, 6) is 1.17. The van der Waals surface area contributed by atoms with Gasteiger partial charge >= 0.3 is 0 Å². The maximum absolute atomic E-state index is 5.95. The lowest BCUT2D eigenvalue weighted by molar-refractivity contribution is 0.346. The topological polar surface area (TPSA) is 50.4 Å². The molecule has 2 rings (SSSR count). The van der Waals surface area contributed by atoms with Crippen molar-refractivity contribution in [2.75, 3.05) is 0 Å². The molecule has 0 saturated heterocycles. The summed E-state index contributed by atoms with van der Waals surface area (Å²) in [4.78, 5) is 4.77. The first kappa shape index (κ1) is 9.97. The number of hydrogen-bond donors (Lipinski definition) is 2. The maximum Gasteiger partial charge on any atom is 0.102 e. The van der Waals surface area contributed by atoms with E-state index >= 15 is 0 Å². The van der Waals surface area contributed by atoms with Gasteiger partial charge in [0.2, 0.25) is 0 Å². The Morgan fingerprint density at radius 2 is 2.07 bits per heavy atom. The predicted octanol–water partition coefficient (Wildman–Crippen LogP) is 1.28. The molecule has 1 heterocycles. The van der Waals surface area contributed by atoms with Gasteiger partial charge in [-0.3, -0.25) is 4.99 Å². The largest absolute Gasteiger partial charge is 0.368 e. The van der Waals surface area contributed by atoms with Crippen molar-refractivity contribution in [2.45, 2.75) is 58.2 Å². The standard InChI is InChI=1S/C11H21N3/c1-11(2,3)10-13-8-5-4-7(12)6-9(8)14-10/h7-9H,4-6,12H2,1-3H3,(H,13,14). The summed E-state index contributed by atoms with van der Waals surface area (Å²) in [6.07, 6.45) is 3.36. The number of hydrogen-bond acceptors (Lipinski definition) is 3. The van der Waals surface area contributed by atoms with Crippen LogP contribution >= 0.6 is 0 Å². The minimum absolute atomic E-state index is 0.154. The van der Waals surface area contributed by atoms with Gasteiger partial charge in [-0.25, -0.2) is 0 Å². The zero-order valence-electron chi connectivity index (χ0n) is 9.38. The molecular weight excluding hydrogens is 174 g/mol. The lowest BCUT2D eigenvalue weighted by atomic mass is 9.88. The Morgan fingerprint density at radius 1 is 1.36 bits per heavy atom. The van der Waals surface area contributed by atoms with Gasteiger partial charge in [-0.15, -0.1) is 0 Å². The highest BCUT2D eigenvalue weighted by molar-refractivity contribution is 5.89. The molecule has 0 aromatic rings. The molecule has 2 aliphatic rings. The van der Waals surface area contributed by atoms with E-state index in [1.807, 2.05) is 0 Å². The molecule has 1 fully saturated rings. The molecule has 0 amide bonds. The third kappa shape index (κ3) is 1.78. The summed E-state index contributed by atoms with van der Waals surface area (Å²) in [6.45, 7) is 6.61. The Kier molecular flexibility index (Phi) is 2.30. The number of nitrogens with two attached hydrogens (primary N) is 1. The van der Waals surface area contributed by atoms with Crippen molar-refractivity contribution in [1.82, 2.24) is 5.32 Å². The van der Waals surface area contributed by atoms with E-state index in [0.29, 0.717) is 18.1 Å². The van der Waals surface area contributed by atoms with Gasteiger partial charge in [0.05, 0.1) is 12.1 Å². The molecule has 3 unspecified atom stereocenters. The Hall–Kier alpha value is -0.570. The van der Waals surface area contributed by atoms with Gasteiger partial charge in [-0.1, -0.05) is 20.8 Å². The molecule has 0 bridgehead atoms. The van der Waals surface area contributed by atoms with E-state index in [4.69, 9.17) is 10.7 Å². The quantitative estimate of drug-likeness (QED) is 0.612. The molecular formula is C11H21N3. The van der Waals surface area contributed by atoms with Gasteiger partial charge in [0, 0.05) is 11.5 Å². The molecule has 3 nitrogen and oxygen atoms in total. The third-order valence-electron chi connectivity index (χ3n) is 3.18. The second-order valence-electron chi connectivity index (χ2n) is 5.62. The van der Waals surface area contributed by atoms with Crippen LogP contribution in [0.15, 0.2) is 4.99 Å².